The number of benzene rings is 2. The molecule has 4 nitrogen and oxygen atoms in total. The molecule has 0 radical (unpaired) electrons. The minimum absolute atomic E-state index is 0.0302. The molecule has 0 aromatic heterocycles. The zero-order chi connectivity index (χ0) is 21.0. The third kappa shape index (κ3) is 4.39. The summed E-state index contributed by atoms with van der Waals surface area (Å²) in [6, 6.07) is 17.1. The Morgan fingerprint density at radius 3 is 2.40 bits per heavy atom. The highest BCUT2D eigenvalue weighted by atomic mass is 16.5. The summed E-state index contributed by atoms with van der Waals surface area (Å²) >= 11 is 0. The average Bonchev–Trinajstić information content (AvgIpc) is 2.80. The van der Waals surface area contributed by atoms with Crippen LogP contribution in [-0.2, 0) is 14.9 Å². The average molecular weight is 407 g/mol. The fourth-order valence-electron chi connectivity index (χ4n) is 4.85. The van der Waals surface area contributed by atoms with E-state index in [1.165, 1.54) is 30.5 Å². The van der Waals surface area contributed by atoms with E-state index in [4.69, 9.17) is 4.74 Å². The molecule has 160 valence electrons. The Morgan fingerprint density at radius 1 is 1.03 bits per heavy atom. The number of rotatable bonds is 5. The number of anilines is 1. The van der Waals surface area contributed by atoms with Gasteiger partial charge in [0.1, 0.15) is 0 Å². The number of ether oxygens (including phenoxy) is 1. The molecule has 1 atom stereocenters. The molecule has 0 bridgehead atoms. The van der Waals surface area contributed by atoms with E-state index in [0.717, 1.165) is 37.1 Å². The number of amides is 1. The van der Waals surface area contributed by atoms with E-state index >= 15 is 0 Å². The summed E-state index contributed by atoms with van der Waals surface area (Å²) in [6.07, 6.45) is 5.34. The summed E-state index contributed by atoms with van der Waals surface area (Å²) in [4.78, 5) is 16.0. The van der Waals surface area contributed by atoms with Crippen LogP contribution in [0.4, 0.5) is 5.69 Å². The molecule has 2 aromatic carbocycles. The van der Waals surface area contributed by atoms with Gasteiger partial charge in [-0.25, -0.2) is 0 Å². The van der Waals surface area contributed by atoms with Gasteiger partial charge in [0.2, 0.25) is 5.91 Å². The number of hydrogen-bond acceptors (Lipinski definition) is 3. The lowest BCUT2D eigenvalue weighted by molar-refractivity contribution is -0.131. The number of carbonyl (C=O) groups is 1. The van der Waals surface area contributed by atoms with Crippen LogP contribution in [0.15, 0.2) is 48.5 Å². The van der Waals surface area contributed by atoms with Crippen molar-refractivity contribution >= 4 is 11.6 Å². The molecule has 2 heterocycles. The van der Waals surface area contributed by atoms with Gasteiger partial charge >= 0.3 is 0 Å². The number of aryl methyl sites for hydroxylation is 1. The van der Waals surface area contributed by atoms with Gasteiger partial charge in [0, 0.05) is 32.0 Å². The third-order valence-electron chi connectivity index (χ3n) is 6.81. The van der Waals surface area contributed by atoms with Gasteiger partial charge in [0.25, 0.3) is 0 Å². The smallest absolute Gasteiger partial charge is 0.231 e. The minimum atomic E-state index is -0.508. The van der Waals surface area contributed by atoms with Crippen LogP contribution in [-0.4, -0.2) is 32.2 Å². The first-order valence-corrected chi connectivity index (χ1v) is 11.4. The second-order valence-corrected chi connectivity index (χ2v) is 8.90. The van der Waals surface area contributed by atoms with Crippen molar-refractivity contribution in [2.75, 3.05) is 31.2 Å². The van der Waals surface area contributed by atoms with Crippen LogP contribution in [0.3, 0.4) is 0 Å². The Morgan fingerprint density at radius 2 is 1.73 bits per heavy atom. The molecule has 2 aliphatic heterocycles. The van der Waals surface area contributed by atoms with E-state index in [0.29, 0.717) is 13.2 Å². The minimum Gasteiger partial charge on any atom is -0.381 e. The molecule has 2 aliphatic rings. The van der Waals surface area contributed by atoms with E-state index in [-0.39, 0.29) is 11.9 Å². The Labute approximate surface area is 180 Å². The summed E-state index contributed by atoms with van der Waals surface area (Å²) in [7, 11) is 0. The van der Waals surface area contributed by atoms with Crippen LogP contribution in [0.5, 0.6) is 0 Å². The molecule has 0 spiro atoms. The molecular formula is C26H34N2O2. The summed E-state index contributed by atoms with van der Waals surface area (Å²) < 4.78 is 5.60. The van der Waals surface area contributed by atoms with Crippen LogP contribution in [0, 0.1) is 6.92 Å². The lowest BCUT2D eigenvalue weighted by atomic mass is 9.73. The number of nitrogens with one attached hydrogen (secondary N) is 1. The molecule has 2 fully saturated rings. The van der Waals surface area contributed by atoms with Crippen molar-refractivity contribution in [3.8, 4) is 0 Å². The SMILES string of the molecule is Cc1cccc(C2(C(=O)NC(C)c3ccc(N4CCCCC4)cc3)CCOCC2)c1. The Kier molecular flexibility index (Phi) is 6.43. The van der Waals surface area contributed by atoms with Gasteiger partial charge in [-0.2, -0.15) is 0 Å². The zero-order valence-electron chi connectivity index (χ0n) is 18.3. The van der Waals surface area contributed by atoms with E-state index in [9.17, 15) is 4.79 Å². The Hall–Kier alpha value is -2.33. The maximum Gasteiger partial charge on any atom is 0.231 e. The topological polar surface area (TPSA) is 41.6 Å². The van der Waals surface area contributed by atoms with Gasteiger partial charge in [-0.3, -0.25) is 4.79 Å². The normalized spacial score (nSPS) is 19.9. The fourth-order valence-corrected chi connectivity index (χ4v) is 4.85. The first-order valence-electron chi connectivity index (χ1n) is 11.4. The zero-order valence-corrected chi connectivity index (χ0v) is 18.3. The molecule has 30 heavy (non-hydrogen) atoms. The van der Waals surface area contributed by atoms with E-state index in [2.05, 4.69) is 72.6 Å². The van der Waals surface area contributed by atoms with Crippen LogP contribution in [0.1, 0.15) is 61.8 Å². The molecule has 1 amide bonds. The maximum absolute atomic E-state index is 13.6. The molecule has 2 aromatic rings. The first-order chi connectivity index (χ1) is 14.6. The Bertz CT molecular complexity index is 850. The highest BCUT2D eigenvalue weighted by Crippen LogP contribution is 2.36. The van der Waals surface area contributed by atoms with Gasteiger partial charge in [0.05, 0.1) is 11.5 Å². The Balaban J connectivity index is 1.49. The second kappa shape index (κ2) is 9.22. The van der Waals surface area contributed by atoms with E-state index < -0.39 is 5.41 Å². The number of nitrogens with zero attached hydrogens (tertiary/aromatic N) is 1. The number of piperidine rings is 1. The molecule has 1 N–H and O–H groups in total. The van der Waals surface area contributed by atoms with Gasteiger partial charge in [0.15, 0.2) is 0 Å². The summed E-state index contributed by atoms with van der Waals surface area (Å²) in [6.45, 7) is 7.71. The molecular weight excluding hydrogens is 372 g/mol. The van der Waals surface area contributed by atoms with Crippen LogP contribution >= 0.6 is 0 Å². The van der Waals surface area contributed by atoms with Crippen molar-refractivity contribution in [3.63, 3.8) is 0 Å². The molecule has 0 saturated carbocycles. The third-order valence-corrected chi connectivity index (χ3v) is 6.81. The lowest BCUT2D eigenvalue weighted by Crippen LogP contribution is -2.48. The predicted octanol–water partition coefficient (Wildman–Crippen LogP) is 4.91. The van der Waals surface area contributed by atoms with Gasteiger partial charge < -0.3 is 15.0 Å². The van der Waals surface area contributed by atoms with Crippen LogP contribution in [0.2, 0.25) is 0 Å². The van der Waals surface area contributed by atoms with E-state index in [1.54, 1.807) is 0 Å². The highest BCUT2D eigenvalue weighted by molar-refractivity contribution is 5.88. The lowest BCUT2D eigenvalue weighted by Gasteiger charge is -2.37. The molecule has 4 heteroatoms. The molecule has 4 rings (SSSR count). The quantitative estimate of drug-likeness (QED) is 0.767. The van der Waals surface area contributed by atoms with Crippen molar-refractivity contribution in [3.05, 3.63) is 65.2 Å². The maximum atomic E-state index is 13.6. The second-order valence-electron chi connectivity index (χ2n) is 8.90. The van der Waals surface area contributed by atoms with Gasteiger partial charge in [-0.05, 0) is 69.2 Å². The molecule has 1 unspecified atom stereocenters. The van der Waals surface area contributed by atoms with Crippen molar-refractivity contribution in [1.29, 1.82) is 0 Å². The van der Waals surface area contributed by atoms with E-state index in [1.807, 2.05) is 0 Å². The molecule has 2 saturated heterocycles. The van der Waals surface area contributed by atoms with Crippen LogP contribution in [0.25, 0.3) is 0 Å². The molecule has 0 aliphatic carbocycles. The summed E-state index contributed by atoms with van der Waals surface area (Å²) in [5.41, 5.74) is 4.23. The van der Waals surface area contributed by atoms with Gasteiger partial charge in [-0.15, -0.1) is 0 Å². The largest absolute Gasteiger partial charge is 0.381 e. The van der Waals surface area contributed by atoms with Crippen molar-refractivity contribution < 1.29 is 9.53 Å². The highest BCUT2D eigenvalue weighted by Gasteiger charge is 2.42. The van der Waals surface area contributed by atoms with Crippen molar-refractivity contribution in [2.45, 2.75) is 57.4 Å². The fraction of sp³-hybridized carbons (Fsp3) is 0.500. The number of hydrogen-bond donors (Lipinski definition) is 1. The standard InChI is InChI=1S/C26H34N2O2/c1-20-7-6-8-23(19-20)26(13-17-30-18-14-26)25(29)27-21(2)22-9-11-24(12-10-22)28-15-4-3-5-16-28/h6-12,19,21H,3-5,13-18H2,1-2H3,(H,27,29). The van der Waals surface area contributed by atoms with Crippen molar-refractivity contribution in [1.82, 2.24) is 5.32 Å². The first kappa shape index (κ1) is 20.9. The van der Waals surface area contributed by atoms with Crippen molar-refractivity contribution in [2.24, 2.45) is 0 Å². The monoisotopic (exact) mass is 406 g/mol. The van der Waals surface area contributed by atoms with Gasteiger partial charge in [-0.1, -0.05) is 42.0 Å². The predicted molar refractivity (Wildman–Crippen MR) is 122 cm³/mol. The summed E-state index contributed by atoms with van der Waals surface area (Å²) in [5, 5.41) is 3.32. The summed E-state index contributed by atoms with van der Waals surface area (Å²) in [5.74, 6) is 0.115. The number of carbonyl (C=O) groups excluding carboxylic acids is 1. The van der Waals surface area contributed by atoms with Crippen LogP contribution < -0.4 is 10.2 Å².